The largest absolute Gasteiger partial charge is 0.496 e. The fourth-order valence-electron chi connectivity index (χ4n) is 2.88. The summed E-state index contributed by atoms with van der Waals surface area (Å²) in [5, 5.41) is 9.24. The smallest absolute Gasteiger partial charge is 0.214 e. The Morgan fingerprint density at radius 3 is 2.69 bits per heavy atom. The molecule has 4 rings (SSSR count). The van der Waals surface area contributed by atoms with Crippen molar-refractivity contribution < 1.29 is 9.47 Å². The Morgan fingerprint density at radius 2 is 1.93 bits per heavy atom. The molecule has 0 unspecified atom stereocenters. The van der Waals surface area contributed by atoms with E-state index >= 15 is 0 Å². The molecule has 2 aromatic carbocycles. The van der Waals surface area contributed by atoms with Crippen molar-refractivity contribution >= 4 is 23.6 Å². The van der Waals surface area contributed by atoms with Crippen LogP contribution >= 0.6 is 23.6 Å². The third-order valence-electron chi connectivity index (χ3n) is 4.35. The molecule has 2 heterocycles. The van der Waals surface area contributed by atoms with Gasteiger partial charge in [-0.15, -0.1) is 11.3 Å². The van der Waals surface area contributed by atoms with E-state index in [1.807, 2.05) is 60.0 Å². The van der Waals surface area contributed by atoms with Crippen LogP contribution in [0.5, 0.6) is 11.5 Å². The molecule has 148 valence electrons. The number of thiophene rings is 1. The van der Waals surface area contributed by atoms with Gasteiger partial charge >= 0.3 is 0 Å². The first-order chi connectivity index (χ1) is 14.2. The number of para-hydroxylation sites is 1. The van der Waals surface area contributed by atoms with Crippen LogP contribution in [0.4, 0.5) is 0 Å². The van der Waals surface area contributed by atoms with Gasteiger partial charge in [0.25, 0.3) is 0 Å². The number of nitrogens with one attached hydrogen (secondary N) is 2. The second-order valence-electron chi connectivity index (χ2n) is 6.23. The molecule has 2 aromatic heterocycles. The molecule has 0 atom stereocenters. The Bertz CT molecular complexity index is 1120. The Labute approximate surface area is 177 Å². The van der Waals surface area contributed by atoms with E-state index < -0.39 is 0 Å². The van der Waals surface area contributed by atoms with Crippen LogP contribution in [0.2, 0.25) is 0 Å². The zero-order valence-corrected chi connectivity index (χ0v) is 17.4. The Balaban J connectivity index is 1.44. The maximum absolute atomic E-state index is 5.82. The molecular weight excluding hydrogens is 404 g/mol. The van der Waals surface area contributed by atoms with Gasteiger partial charge in [-0.05, 0) is 53.5 Å². The number of H-pyrrole nitrogens is 1. The highest BCUT2D eigenvalue weighted by Crippen LogP contribution is 2.27. The van der Waals surface area contributed by atoms with Crippen LogP contribution < -0.4 is 14.9 Å². The average molecular weight is 425 g/mol. The van der Waals surface area contributed by atoms with Crippen molar-refractivity contribution in [3.63, 3.8) is 0 Å². The molecule has 0 radical (unpaired) electrons. The van der Waals surface area contributed by atoms with Crippen molar-refractivity contribution in [2.45, 2.75) is 13.2 Å². The molecule has 0 spiro atoms. The summed E-state index contributed by atoms with van der Waals surface area (Å²) in [4.78, 5) is 1.20. The monoisotopic (exact) mass is 424 g/mol. The van der Waals surface area contributed by atoms with Gasteiger partial charge in [0.2, 0.25) is 4.77 Å². The second-order valence-corrected chi connectivity index (χ2v) is 7.65. The number of hydrogen-bond acceptors (Lipinski definition) is 6. The lowest BCUT2D eigenvalue weighted by Gasteiger charge is -2.12. The first-order valence-corrected chi connectivity index (χ1v) is 10.3. The van der Waals surface area contributed by atoms with Gasteiger partial charge < -0.3 is 14.9 Å². The molecule has 0 saturated carbocycles. The summed E-state index contributed by atoms with van der Waals surface area (Å²) in [6, 6.07) is 19.8. The molecular formula is C21H20N4O2S2. The molecule has 0 aliphatic rings. The van der Waals surface area contributed by atoms with Gasteiger partial charge in [-0.2, -0.15) is 5.10 Å². The van der Waals surface area contributed by atoms with Crippen LogP contribution in [-0.2, 0) is 13.2 Å². The quantitative estimate of drug-likeness (QED) is 0.390. The molecule has 0 saturated heterocycles. The fraction of sp³-hybridized carbons (Fsp3) is 0.143. The zero-order valence-electron chi connectivity index (χ0n) is 15.8. The molecule has 0 aliphatic heterocycles. The lowest BCUT2D eigenvalue weighted by Crippen LogP contribution is -2.16. The number of aromatic nitrogens is 3. The summed E-state index contributed by atoms with van der Waals surface area (Å²) >= 11 is 7.07. The highest BCUT2D eigenvalue weighted by atomic mass is 32.1. The van der Waals surface area contributed by atoms with Gasteiger partial charge in [-0.25, -0.2) is 9.77 Å². The third kappa shape index (κ3) is 4.49. The predicted octanol–water partition coefficient (Wildman–Crippen LogP) is 5.00. The number of hydrogen-bond donors (Lipinski definition) is 2. The number of nitrogens with zero attached hydrogens (tertiary/aromatic N) is 2. The van der Waals surface area contributed by atoms with Crippen molar-refractivity contribution in [2.24, 2.45) is 0 Å². The van der Waals surface area contributed by atoms with E-state index in [-0.39, 0.29) is 0 Å². The van der Waals surface area contributed by atoms with E-state index in [9.17, 15) is 0 Å². The lowest BCUT2D eigenvalue weighted by molar-refractivity contribution is 0.310. The summed E-state index contributed by atoms with van der Waals surface area (Å²) in [6.07, 6.45) is 0. The van der Waals surface area contributed by atoms with Crippen LogP contribution in [0.25, 0.3) is 11.4 Å². The number of methoxy groups -OCH3 is 1. The molecule has 6 nitrogen and oxygen atoms in total. The van der Waals surface area contributed by atoms with E-state index in [1.165, 1.54) is 4.88 Å². The second kappa shape index (κ2) is 8.93. The molecule has 0 fully saturated rings. The number of ether oxygens (including phenoxy) is 2. The SMILES string of the molecule is COc1ccccc1-c1n[nH]c(=S)n1NCc1ccc(OCc2cccs2)cc1. The number of aromatic amines is 1. The van der Waals surface area contributed by atoms with E-state index in [4.69, 9.17) is 21.7 Å². The van der Waals surface area contributed by atoms with Gasteiger partial charge in [-0.1, -0.05) is 30.3 Å². The summed E-state index contributed by atoms with van der Waals surface area (Å²) in [7, 11) is 1.64. The van der Waals surface area contributed by atoms with Crippen molar-refractivity contribution in [3.8, 4) is 22.9 Å². The maximum Gasteiger partial charge on any atom is 0.214 e. The normalized spacial score (nSPS) is 10.7. The van der Waals surface area contributed by atoms with Crippen molar-refractivity contribution in [2.75, 3.05) is 12.5 Å². The average Bonchev–Trinajstić information content (AvgIpc) is 3.41. The van der Waals surface area contributed by atoms with Crippen molar-refractivity contribution in [1.82, 2.24) is 14.9 Å². The van der Waals surface area contributed by atoms with Crippen LogP contribution in [0.3, 0.4) is 0 Å². The third-order valence-corrected chi connectivity index (χ3v) is 5.47. The molecule has 2 N–H and O–H groups in total. The Hall–Kier alpha value is -3.10. The lowest BCUT2D eigenvalue weighted by atomic mass is 10.2. The molecule has 0 aliphatic carbocycles. The van der Waals surface area contributed by atoms with Crippen molar-refractivity contribution in [3.05, 3.63) is 81.3 Å². The minimum absolute atomic E-state index is 0.488. The van der Waals surface area contributed by atoms with Gasteiger partial charge in [0.15, 0.2) is 5.82 Å². The van der Waals surface area contributed by atoms with Gasteiger partial charge in [-0.3, -0.25) is 0 Å². The predicted molar refractivity (Wildman–Crippen MR) is 118 cm³/mol. The summed E-state index contributed by atoms with van der Waals surface area (Å²) in [5.74, 6) is 2.25. The fourth-order valence-corrected chi connectivity index (χ4v) is 3.69. The van der Waals surface area contributed by atoms with E-state index in [2.05, 4.69) is 21.7 Å². The van der Waals surface area contributed by atoms with Crippen LogP contribution in [0.15, 0.2) is 66.0 Å². The number of benzene rings is 2. The molecule has 0 bridgehead atoms. The maximum atomic E-state index is 5.82. The molecule has 8 heteroatoms. The molecule has 4 aromatic rings. The molecule has 0 amide bonds. The molecule has 29 heavy (non-hydrogen) atoms. The first kappa shape index (κ1) is 19.2. The zero-order chi connectivity index (χ0) is 20.1. The van der Waals surface area contributed by atoms with Crippen LogP contribution in [0.1, 0.15) is 10.4 Å². The van der Waals surface area contributed by atoms with Gasteiger partial charge in [0, 0.05) is 4.88 Å². The summed E-state index contributed by atoms with van der Waals surface area (Å²) < 4.78 is 13.5. The van der Waals surface area contributed by atoms with Crippen molar-refractivity contribution in [1.29, 1.82) is 0 Å². The minimum atomic E-state index is 0.488. The highest BCUT2D eigenvalue weighted by molar-refractivity contribution is 7.71. The highest BCUT2D eigenvalue weighted by Gasteiger charge is 2.13. The summed E-state index contributed by atoms with van der Waals surface area (Å²) in [5.41, 5.74) is 5.28. The van der Waals surface area contributed by atoms with Gasteiger partial charge in [0.05, 0.1) is 19.2 Å². The standard InChI is InChI=1S/C21H20N4O2S2/c1-26-19-7-3-2-6-18(19)20-23-24-21(28)25(20)22-13-15-8-10-16(11-9-15)27-14-17-5-4-12-29-17/h2-12,22H,13-14H2,1H3,(H,24,28). The minimum Gasteiger partial charge on any atom is -0.496 e. The number of rotatable bonds is 8. The van der Waals surface area contributed by atoms with Crippen LogP contribution in [0, 0.1) is 4.77 Å². The first-order valence-electron chi connectivity index (χ1n) is 9.03. The topological polar surface area (TPSA) is 64.1 Å². The van der Waals surface area contributed by atoms with Crippen LogP contribution in [-0.4, -0.2) is 22.0 Å². The Kier molecular flexibility index (Phi) is 5.92. The van der Waals surface area contributed by atoms with E-state index in [1.54, 1.807) is 23.1 Å². The Morgan fingerprint density at radius 1 is 1.10 bits per heavy atom. The van der Waals surface area contributed by atoms with Gasteiger partial charge in [0.1, 0.15) is 18.1 Å². The van der Waals surface area contributed by atoms with E-state index in [0.29, 0.717) is 23.7 Å². The van der Waals surface area contributed by atoms with E-state index in [0.717, 1.165) is 22.6 Å². The summed E-state index contributed by atoms with van der Waals surface area (Å²) in [6.45, 7) is 1.17.